The third kappa shape index (κ3) is 3.53. The number of aryl methyl sites for hydroxylation is 1. The molecule has 1 unspecified atom stereocenters. The molecule has 1 aromatic heterocycles. The topological polar surface area (TPSA) is 33.2 Å². The molecule has 0 aliphatic carbocycles. The van der Waals surface area contributed by atoms with Gasteiger partial charge in [-0.2, -0.15) is 0 Å². The van der Waals surface area contributed by atoms with Crippen molar-refractivity contribution in [3.63, 3.8) is 0 Å². The molecule has 1 atom stereocenters. The van der Waals surface area contributed by atoms with E-state index < -0.39 is 0 Å². The summed E-state index contributed by atoms with van der Waals surface area (Å²) in [5.74, 6) is 0.656. The number of nitrogens with zero attached hydrogens (tertiary/aromatic N) is 2. The van der Waals surface area contributed by atoms with Gasteiger partial charge in [0.1, 0.15) is 0 Å². The molecule has 1 rings (SSSR count). The van der Waals surface area contributed by atoms with Gasteiger partial charge >= 0.3 is 0 Å². The van der Waals surface area contributed by atoms with E-state index in [4.69, 9.17) is 0 Å². The number of carbonyl (C=O) groups is 1. The molecule has 3 nitrogen and oxygen atoms in total. The van der Waals surface area contributed by atoms with Gasteiger partial charge in [-0.1, -0.05) is 38.5 Å². The normalized spacial score (nSPS) is 12.5. The summed E-state index contributed by atoms with van der Waals surface area (Å²) in [4.78, 5) is 18.6. The highest BCUT2D eigenvalue weighted by Crippen LogP contribution is 2.26. The number of hydrogen-bond donors (Lipinski definition) is 0. The van der Waals surface area contributed by atoms with Gasteiger partial charge in [0.05, 0.1) is 10.6 Å². The maximum absolute atomic E-state index is 10.9. The molecule has 0 spiro atoms. The van der Waals surface area contributed by atoms with Crippen molar-refractivity contribution in [3.8, 4) is 0 Å². The van der Waals surface area contributed by atoms with Gasteiger partial charge in [-0.05, 0) is 19.3 Å². The highest BCUT2D eigenvalue weighted by molar-refractivity contribution is 7.17. The largest absolute Gasteiger partial charge is 0.348 e. The van der Waals surface area contributed by atoms with E-state index in [-0.39, 0.29) is 0 Å². The zero-order valence-electron chi connectivity index (χ0n) is 11.2. The summed E-state index contributed by atoms with van der Waals surface area (Å²) in [6.07, 6.45) is 2.92. The molecule has 0 aromatic carbocycles. The molecule has 17 heavy (non-hydrogen) atoms. The lowest BCUT2D eigenvalue weighted by molar-refractivity contribution is 0.112. The van der Waals surface area contributed by atoms with Crippen LogP contribution in [-0.2, 0) is 6.42 Å². The predicted octanol–water partition coefficient (Wildman–Crippen LogP) is 3.39. The lowest BCUT2D eigenvalue weighted by atomic mass is 10.1. The summed E-state index contributed by atoms with van der Waals surface area (Å²) in [5.41, 5.74) is 0.933. The summed E-state index contributed by atoms with van der Waals surface area (Å²) < 4.78 is 0. The first kappa shape index (κ1) is 14.2. The van der Waals surface area contributed by atoms with Gasteiger partial charge < -0.3 is 4.90 Å². The van der Waals surface area contributed by atoms with Crippen molar-refractivity contribution >= 4 is 22.8 Å². The van der Waals surface area contributed by atoms with Gasteiger partial charge in [-0.25, -0.2) is 4.98 Å². The van der Waals surface area contributed by atoms with Crippen molar-refractivity contribution < 1.29 is 4.79 Å². The average molecular weight is 254 g/mol. The molecule has 0 N–H and O–H groups in total. The van der Waals surface area contributed by atoms with E-state index in [2.05, 4.69) is 30.7 Å². The fraction of sp³-hybridized carbons (Fsp3) is 0.692. The minimum atomic E-state index is 0.656. The maximum atomic E-state index is 10.9. The molecular weight excluding hydrogens is 232 g/mol. The second kappa shape index (κ2) is 6.74. The quantitative estimate of drug-likeness (QED) is 0.699. The second-order valence-electron chi connectivity index (χ2n) is 4.33. The molecule has 4 heteroatoms. The molecule has 0 saturated heterocycles. The molecule has 1 aromatic rings. The molecule has 0 amide bonds. The third-order valence-electron chi connectivity index (χ3n) is 3.04. The van der Waals surface area contributed by atoms with Crippen LogP contribution in [0.3, 0.4) is 0 Å². The maximum Gasteiger partial charge on any atom is 0.186 e. The number of thiazole rings is 1. The average Bonchev–Trinajstić information content (AvgIpc) is 2.78. The zero-order valence-corrected chi connectivity index (χ0v) is 12.0. The van der Waals surface area contributed by atoms with Crippen LogP contribution in [0.25, 0.3) is 0 Å². The van der Waals surface area contributed by atoms with Gasteiger partial charge in [0.25, 0.3) is 0 Å². The summed E-state index contributed by atoms with van der Waals surface area (Å²) in [6, 6.07) is 0. The first-order valence-electron chi connectivity index (χ1n) is 6.35. The molecule has 1 heterocycles. The van der Waals surface area contributed by atoms with E-state index in [0.29, 0.717) is 5.92 Å². The molecule has 96 valence electrons. The van der Waals surface area contributed by atoms with E-state index >= 15 is 0 Å². The first-order chi connectivity index (χ1) is 8.15. The number of anilines is 1. The lowest BCUT2D eigenvalue weighted by Gasteiger charge is -2.23. The van der Waals surface area contributed by atoms with Crippen LogP contribution < -0.4 is 4.90 Å². The van der Waals surface area contributed by atoms with Gasteiger partial charge in [0.15, 0.2) is 11.4 Å². The summed E-state index contributed by atoms with van der Waals surface area (Å²) in [5, 5.41) is 0.992. The Bertz CT molecular complexity index is 362. The monoisotopic (exact) mass is 254 g/mol. The van der Waals surface area contributed by atoms with Crippen LogP contribution in [-0.4, -0.2) is 24.4 Å². The van der Waals surface area contributed by atoms with Crippen molar-refractivity contribution in [1.82, 2.24) is 4.98 Å². The standard InChI is InChI=1S/C13H22N2OS/c1-5-10(4)8-15(7-3)13-14-11(6-2)12(9-16)17-13/h9-10H,5-8H2,1-4H3. The van der Waals surface area contributed by atoms with E-state index in [1.54, 1.807) is 0 Å². The van der Waals surface area contributed by atoms with E-state index in [1.807, 2.05) is 6.92 Å². The molecule has 0 aliphatic heterocycles. The van der Waals surface area contributed by atoms with E-state index in [1.165, 1.54) is 17.8 Å². The molecule has 0 fully saturated rings. The molecular formula is C13H22N2OS. The number of aromatic nitrogens is 1. The van der Waals surface area contributed by atoms with Gasteiger partial charge in [-0.15, -0.1) is 0 Å². The minimum Gasteiger partial charge on any atom is -0.348 e. The molecule has 0 radical (unpaired) electrons. The van der Waals surface area contributed by atoms with Crippen LogP contribution >= 0.6 is 11.3 Å². The zero-order chi connectivity index (χ0) is 12.8. The fourth-order valence-electron chi connectivity index (χ4n) is 1.68. The Labute approximate surface area is 108 Å². The number of aldehydes is 1. The van der Waals surface area contributed by atoms with E-state index in [9.17, 15) is 4.79 Å². The van der Waals surface area contributed by atoms with Crippen LogP contribution in [0.5, 0.6) is 0 Å². The fourth-order valence-corrected chi connectivity index (χ4v) is 2.72. The summed E-state index contributed by atoms with van der Waals surface area (Å²) in [6.45, 7) is 10.6. The summed E-state index contributed by atoms with van der Waals surface area (Å²) in [7, 11) is 0. The Hall–Kier alpha value is -0.900. The first-order valence-corrected chi connectivity index (χ1v) is 7.17. The minimum absolute atomic E-state index is 0.656. The van der Waals surface area contributed by atoms with Crippen molar-refractivity contribution in [2.45, 2.75) is 40.5 Å². The third-order valence-corrected chi connectivity index (χ3v) is 4.12. The van der Waals surface area contributed by atoms with E-state index in [0.717, 1.165) is 41.5 Å². The van der Waals surface area contributed by atoms with Gasteiger partial charge in [0.2, 0.25) is 0 Å². The van der Waals surface area contributed by atoms with Crippen molar-refractivity contribution in [1.29, 1.82) is 0 Å². The van der Waals surface area contributed by atoms with Crippen LogP contribution in [0.15, 0.2) is 0 Å². The smallest absolute Gasteiger partial charge is 0.186 e. The van der Waals surface area contributed by atoms with Crippen molar-refractivity contribution in [3.05, 3.63) is 10.6 Å². The van der Waals surface area contributed by atoms with Crippen LogP contribution in [0.2, 0.25) is 0 Å². The van der Waals surface area contributed by atoms with Gasteiger partial charge in [0, 0.05) is 13.1 Å². The van der Waals surface area contributed by atoms with Crippen molar-refractivity contribution in [2.24, 2.45) is 5.92 Å². The van der Waals surface area contributed by atoms with Crippen LogP contribution in [0, 0.1) is 5.92 Å². The Morgan fingerprint density at radius 3 is 2.53 bits per heavy atom. The van der Waals surface area contributed by atoms with Crippen LogP contribution in [0.1, 0.15) is 49.5 Å². The molecule has 0 saturated carbocycles. The Morgan fingerprint density at radius 1 is 1.41 bits per heavy atom. The predicted molar refractivity (Wildman–Crippen MR) is 74.2 cm³/mol. The molecule has 0 bridgehead atoms. The number of hydrogen-bond acceptors (Lipinski definition) is 4. The Kier molecular flexibility index (Phi) is 5.62. The lowest BCUT2D eigenvalue weighted by Crippen LogP contribution is -2.27. The highest BCUT2D eigenvalue weighted by atomic mass is 32.1. The molecule has 0 aliphatic rings. The highest BCUT2D eigenvalue weighted by Gasteiger charge is 2.15. The Morgan fingerprint density at radius 2 is 2.12 bits per heavy atom. The number of carbonyl (C=O) groups excluding carboxylic acids is 1. The van der Waals surface area contributed by atoms with Gasteiger partial charge in [-0.3, -0.25) is 4.79 Å². The van der Waals surface area contributed by atoms with Crippen molar-refractivity contribution in [2.75, 3.05) is 18.0 Å². The Balaban J connectivity index is 2.88. The second-order valence-corrected chi connectivity index (χ2v) is 5.34. The number of rotatable bonds is 7. The SMILES string of the molecule is CCc1nc(N(CC)CC(C)CC)sc1C=O. The summed E-state index contributed by atoms with van der Waals surface area (Å²) >= 11 is 1.52. The van der Waals surface area contributed by atoms with Crippen LogP contribution in [0.4, 0.5) is 5.13 Å².